The van der Waals surface area contributed by atoms with Gasteiger partial charge in [-0.2, -0.15) is 0 Å². The van der Waals surface area contributed by atoms with Crippen molar-refractivity contribution in [3.8, 4) is 0 Å². The van der Waals surface area contributed by atoms with E-state index in [1.165, 1.54) is 12.1 Å². The molecule has 0 N–H and O–H groups in total. The second-order valence-electron chi connectivity index (χ2n) is 4.06. The van der Waals surface area contributed by atoms with E-state index in [4.69, 9.17) is 4.74 Å². The summed E-state index contributed by atoms with van der Waals surface area (Å²) in [5, 5.41) is 22.8. The molecule has 1 aromatic carbocycles. The van der Waals surface area contributed by atoms with E-state index in [1.807, 2.05) is 6.92 Å². The number of nitrogens with zero attached hydrogens (tertiary/aromatic N) is 2. The molecule has 1 saturated heterocycles. The van der Waals surface area contributed by atoms with Gasteiger partial charge in [0.1, 0.15) is 13.2 Å². The predicted molar refractivity (Wildman–Crippen MR) is 60.8 cm³/mol. The molecule has 6 heteroatoms. The first-order valence-electron chi connectivity index (χ1n) is 5.50. The molecule has 92 valence electrons. The third kappa shape index (κ3) is 2.14. The Morgan fingerprint density at radius 3 is 2.65 bits per heavy atom. The molecule has 0 radical (unpaired) electrons. The second-order valence-corrected chi connectivity index (χ2v) is 4.06. The molecule has 1 fully saturated rings. The largest absolute Gasteiger partial charge is 0.631 e. The fraction of sp³-hybridized carbons (Fsp3) is 0.455. The summed E-state index contributed by atoms with van der Waals surface area (Å²) in [6.45, 7) is 3.11. The molecule has 1 aliphatic rings. The predicted octanol–water partition coefficient (Wildman–Crippen LogP) is 1.96. The number of hydrogen-bond donors (Lipinski definition) is 0. The minimum atomic E-state index is -0.555. The lowest BCUT2D eigenvalue weighted by molar-refractivity contribution is -0.909. The van der Waals surface area contributed by atoms with Crippen molar-refractivity contribution >= 4 is 5.69 Å². The van der Waals surface area contributed by atoms with Gasteiger partial charge in [-0.05, 0) is 19.1 Å². The lowest BCUT2D eigenvalue weighted by atomic mass is 10.1. The molecule has 6 nitrogen and oxygen atoms in total. The van der Waals surface area contributed by atoms with Crippen LogP contribution < -0.4 is 0 Å². The molecular weight excluding hydrogens is 224 g/mol. The maximum atomic E-state index is 12.3. The van der Waals surface area contributed by atoms with Gasteiger partial charge >= 0.3 is 0 Å². The molecule has 1 heterocycles. The highest BCUT2D eigenvalue weighted by molar-refractivity contribution is 5.33. The quantitative estimate of drug-likeness (QED) is 0.349. The third-order valence-electron chi connectivity index (χ3n) is 3.10. The molecule has 17 heavy (non-hydrogen) atoms. The SMILES string of the molecule is CC[N+]1([O-])CCOC1c1ccc([N+](=O)[O-])cc1. The second kappa shape index (κ2) is 4.40. The third-order valence-corrected chi connectivity index (χ3v) is 3.10. The van der Waals surface area contributed by atoms with E-state index in [0.29, 0.717) is 25.3 Å². The molecule has 0 bridgehead atoms. The molecule has 0 saturated carbocycles. The molecule has 2 rings (SSSR count). The zero-order valence-electron chi connectivity index (χ0n) is 9.54. The number of ether oxygens (including phenoxy) is 1. The smallest absolute Gasteiger partial charge is 0.269 e. The molecule has 1 aliphatic heterocycles. The van der Waals surface area contributed by atoms with Crippen LogP contribution in [0.1, 0.15) is 18.7 Å². The van der Waals surface area contributed by atoms with Crippen LogP contribution >= 0.6 is 0 Å². The van der Waals surface area contributed by atoms with E-state index in [2.05, 4.69) is 0 Å². The van der Waals surface area contributed by atoms with Crippen LogP contribution in [-0.2, 0) is 4.74 Å². The van der Waals surface area contributed by atoms with Crippen LogP contribution in [0, 0.1) is 15.3 Å². The summed E-state index contributed by atoms with van der Waals surface area (Å²) in [7, 11) is 0. The first-order chi connectivity index (χ1) is 8.07. The average molecular weight is 238 g/mol. The standard InChI is InChI=1S/C11H14N2O4/c1-2-13(16)7-8-17-11(13)9-3-5-10(6-4-9)12(14)15/h3-6,11H,2,7-8H2,1H3. The minimum absolute atomic E-state index is 0.0206. The summed E-state index contributed by atoms with van der Waals surface area (Å²) in [6.07, 6.45) is -0.555. The zero-order valence-corrected chi connectivity index (χ0v) is 9.54. The van der Waals surface area contributed by atoms with Crippen LogP contribution in [-0.4, -0.2) is 29.3 Å². The molecule has 0 amide bonds. The Hall–Kier alpha value is -1.50. The van der Waals surface area contributed by atoms with E-state index < -0.39 is 15.8 Å². The van der Waals surface area contributed by atoms with Gasteiger partial charge in [0.25, 0.3) is 5.69 Å². The lowest BCUT2D eigenvalue weighted by Gasteiger charge is -2.41. The summed E-state index contributed by atoms with van der Waals surface area (Å²) in [6, 6.07) is 5.98. The normalized spacial score (nSPS) is 28.2. The highest BCUT2D eigenvalue weighted by Crippen LogP contribution is 2.33. The monoisotopic (exact) mass is 238 g/mol. The highest BCUT2D eigenvalue weighted by atomic mass is 16.6. The van der Waals surface area contributed by atoms with Crippen LogP contribution in [0.25, 0.3) is 0 Å². The van der Waals surface area contributed by atoms with E-state index in [-0.39, 0.29) is 5.69 Å². The van der Waals surface area contributed by atoms with Crippen LogP contribution in [0.4, 0.5) is 5.69 Å². The Bertz CT molecular complexity index is 420. The Morgan fingerprint density at radius 2 is 2.12 bits per heavy atom. The molecule has 1 aromatic rings. The van der Waals surface area contributed by atoms with E-state index >= 15 is 0 Å². The Kier molecular flexibility index (Phi) is 3.10. The minimum Gasteiger partial charge on any atom is -0.631 e. The summed E-state index contributed by atoms with van der Waals surface area (Å²) >= 11 is 0. The summed E-state index contributed by atoms with van der Waals surface area (Å²) < 4.78 is 5.02. The van der Waals surface area contributed by atoms with Gasteiger partial charge in [0.05, 0.1) is 11.5 Å². The van der Waals surface area contributed by atoms with Crippen molar-refractivity contribution in [2.45, 2.75) is 13.2 Å². The Morgan fingerprint density at radius 1 is 1.47 bits per heavy atom. The number of rotatable bonds is 3. The van der Waals surface area contributed by atoms with E-state index in [1.54, 1.807) is 12.1 Å². The van der Waals surface area contributed by atoms with Gasteiger partial charge < -0.3 is 14.6 Å². The van der Waals surface area contributed by atoms with Gasteiger partial charge in [-0.15, -0.1) is 0 Å². The number of benzene rings is 1. The number of nitro benzene ring substituents is 1. The van der Waals surface area contributed by atoms with Crippen molar-refractivity contribution in [2.75, 3.05) is 19.7 Å². The van der Waals surface area contributed by atoms with Crippen LogP contribution in [0.5, 0.6) is 0 Å². The summed E-state index contributed by atoms with van der Waals surface area (Å²) in [5.41, 5.74) is 0.720. The van der Waals surface area contributed by atoms with Gasteiger partial charge in [-0.25, -0.2) is 0 Å². The van der Waals surface area contributed by atoms with E-state index in [0.717, 1.165) is 0 Å². The number of likely N-dealkylation sites (N-methyl/N-ethyl adjacent to an activating group) is 1. The van der Waals surface area contributed by atoms with Gasteiger partial charge in [0.15, 0.2) is 0 Å². The molecule has 2 unspecified atom stereocenters. The lowest BCUT2D eigenvalue weighted by Crippen LogP contribution is -2.41. The summed E-state index contributed by atoms with van der Waals surface area (Å²) in [4.78, 5) is 10.1. The number of nitro groups is 1. The van der Waals surface area contributed by atoms with Crippen molar-refractivity contribution in [2.24, 2.45) is 0 Å². The van der Waals surface area contributed by atoms with Crippen molar-refractivity contribution in [1.82, 2.24) is 0 Å². The fourth-order valence-electron chi connectivity index (χ4n) is 2.02. The molecule has 2 atom stereocenters. The first-order valence-corrected chi connectivity index (χ1v) is 5.50. The molecule has 0 spiro atoms. The van der Waals surface area contributed by atoms with Crippen molar-refractivity contribution in [1.29, 1.82) is 0 Å². The number of non-ortho nitro benzene ring substituents is 1. The number of quaternary nitrogens is 1. The van der Waals surface area contributed by atoms with Crippen LogP contribution in [0.15, 0.2) is 24.3 Å². The maximum Gasteiger partial charge on any atom is 0.269 e. The van der Waals surface area contributed by atoms with Gasteiger partial charge in [-0.1, -0.05) is 0 Å². The number of hydroxylamine groups is 3. The van der Waals surface area contributed by atoms with Crippen molar-refractivity contribution < 1.29 is 14.3 Å². The van der Waals surface area contributed by atoms with Gasteiger partial charge in [0, 0.05) is 17.7 Å². The van der Waals surface area contributed by atoms with E-state index in [9.17, 15) is 15.3 Å². The van der Waals surface area contributed by atoms with Crippen LogP contribution in [0.3, 0.4) is 0 Å². The maximum absolute atomic E-state index is 12.3. The number of hydrogen-bond acceptors (Lipinski definition) is 4. The molecule has 0 aromatic heterocycles. The zero-order chi connectivity index (χ0) is 12.5. The van der Waals surface area contributed by atoms with Crippen LogP contribution in [0.2, 0.25) is 0 Å². The fourth-order valence-corrected chi connectivity index (χ4v) is 2.02. The molecule has 0 aliphatic carbocycles. The van der Waals surface area contributed by atoms with Crippen molar-refractivity contribution in [3.63, 3.8) is 0 Å². The average Bonchev–Trinajstić information content (AvgIpc) is 2.72. The Labute approximate surface area is 98.7 Å². The topological polar surface area (TPSA) is 75.4 Å². The highest BCUT2D eigenvalue weighted by Gasteiger charge is 2.35. The van der Waals surface area contributed by atoms with Crippen molar-refractivity contribution in [3.05, 3.63) is 45.2 Å². The Balaban J connectivity index is 2.25. The van der Waals surface area contributed by atoms with Gasteiger partial charge in [0.2, 0.25) is 6.23 Å². The van der Waals surface area contributed by atoms with Gasteiger partial charge in [-0.3, -0.25) is 10.1 Å². The summed E-state index contributed by atoms with van der Waals surface area (Å²) in [5.74, 6) is 0. The first kappa shape index (κ1) is 12.0. The molecular formula is C11H14N2O4.